The molecule has 1 aromatic heterocycles. The molecule has 0 aromatic carbocycles. The first-order valence-corrected chi connectivity index (χ1v) is 6.01. The summed E-state index contributed by atoms with van der Waals surface area (Å²) in [5.41, 5.74) is 5.35. The van der Waals surface area contributed by atoms with Crippen LogP contribution < -0.4 is 11.1 Å². The summed E-state index contributed by atoms with van der Waals surface area (Å²) in [5, 5.41) is 14.5. The van der Waals surface area contributed by atoms with Crippen molar-refractivity contribution in [1.82, 2.24) is 5.32 Å². The maximum absolute atomic E-state index is 10.9. The van der Waals surface area contributed by atoms with Crippen LogP contribution in [-0.2, 0) is 6.54 Å². The van der Waals surface area contributed by atoms with E-state index < -0.39 is 12.0 Å². The van der Waals surface area contributed by atoms with E-state index in [1.807, 2.05) is 13.8 Å². The molecule has 0 aliphatic rings. The number of aliphatic hydroxyl groups excluding tert-OH is 1. The lowest BCUT2D eigenvalue weighted by Gasteiger charge is -2.29. The monoisotopic (exact) mass is 242 g/mol. The smallest absolute Gasteiger partial charge is 0.249 e. The van der Waals surface area contributed by atoms with Crippen molar-refractivity contribution in [2.45, 2.75) is 39.0 Å². The standard InChI is InChI=1S/C11H18N2O2S/c1-7(14)11(2,3)13-5-9-4-8(6-16-9)10(12)15/h4,6-7,13-14H,5H2,1-3H3,(H2,12,15). The fraction of sp³-hybridized carbons (Fsp3) is 0.545. The van der Waals surface area contributed by atoms with Gasteiger partial charge in [0.05, 0.1) is 11.7 Å². The summed E-state index contributed by atoms with van der Waals surface area (Å²) in [4.78, 5) is 11.9. The SMILES string of the molecule is CC(O)C(C)(C)NCc1cc(C(N)=O)cs1. The first kappa shape index (κ1) is 13.2. The van der Waals surface area contributed by atoms with Gasteiger partial charge in [-0.15, -0.1) is 11.3 Å². The Bertz CT molecular complexity index is 372. The molecule has 1 heterocycles. The minimum Gasteiger partial charge on any atom is -0.392 e. The van der Waals surface area contributed by atoms with Gasteiger partial charge in [0.25, 0.3) is 0 Å². The van der Waals surface area contributed by atoms with Crippen LogP contribution in [0.5, 0.6) is 0 Å². The van der Waals surface area contributed by atoms with Gasteiger partial charge in [-0.05, 0) is 26.8 Å². The van der Waals surface area contributed by atoms with Crippen LogP contribution in [0.2, 0.25) is 0 Å². The van der Waals surface area contributed by atoms with Crippen molar-refractivity contribution in [2.24, 2.45) is 5.73 Å². The maximum Gasteiger partial charge on any atom is 0.249 e. The molecule has 0 bridgehead atoms. The summed E-state index contributed by atoms with van der Waals surface area (Å²) in [6, 6.07) is 1.78. The zero-order chi connectivity index (χ0) is 12.3. The molecule has 0 saturated heterocycles. The zero-order valence-electron chi connectivity index (χ0n) is 9.78. The number of carbonyl (C=O) groups excluding carboxylic acids is 1. The highest BCUT2D eigenvalue weighted by Gasteiger charge is 2.23. The van der Waals surface area contributed by atoms with E-state index in [4.69, 9.17) is 5.73 Å². The summed E-state index contributed by atoms with van der Waals surface area (Å²) in [6.45, 7) is 6.23. The average molecular weight is 242 g/mol. The van der Waals surface area contributed by atoms with Gasteiger partial charge in [0.2, 0.25) is 5.91 Å². The lowest BCUT2D eigenvalue weighted by molar-refractivity contribution is 0.0957. The second-order valence-electron chi connectivity index (χ2n) is 4.42. The number of aliphatic hydroxyl groups is 1. The molecular weight excluding hydrogens is 224 g/mol. The van der Waals surface area contributed by atoms with Gasteiger partial charge in [-0.1, -0.05) is 0 Å². The molecule has 4 nitrogen and oxygen atoms in total. The quantitative estimate of drug-likeness (QED) is 0.723. The van der Waals surface area contributed by atoms with E-state index in [1.165, 1.54) is 11.3 Å². The van der Waals surface area contributed by atoms with Crippen LogP contribution in [0.25, 0.3) is 0 Å². The molecule has 0 spiro atoms. The number of carbonyl (C=O) groups is 1. The second-order valence-corrected chi connectivity index (χ2v) is 5.41. The number of primary amides is 1. The van der Waals surface area contributed by atoms with Crippen molar-refractivity contribution < 1.29 is 9.90 Å². The topological polar surface area (TPSA) is 75.3 Å². The number of rotatable bonds is 5. The normalized spacial score (nSPS) is 13.8. The van der Waals surface area contributed by atoms with E-state index >= 15 is 0 Å². The molecule has 0 radical (unpaired) electrons. The van der Waals surface area contributed by atoms with Crippen molar-refractivity contribution in [2.75, 3.05) is 0 Å². The second kappa shape index (κ2) is 4.95. The Labute approximate surface area is 99.5 Å². The van der Waals surface area contributed by atoms with Crippen LogP contribution in [0.15, 0.2) is 11.4 Å². The highest BCUT2D eigenvalue weighted by atomic mass is 32.1. The van der Waals surface area contributed by atoms with E-state index in [0.29, 0.717) is 12.1 Å². The molecule has 1 aromatic rings. The number of hydrogen-bond acceptors (Lipinski definition) is 4. The molecule has 1 unspecified atom stereocenters. The molecule has 0 fully saturated rings. The number of nitrogens with one attached hydrogen (secondary N) is 1. The van der Waals surface area contributed by atoms with Gasteiger partial charge in [0.15, 0.2) is 0 Å². The zero-order valence-corrected chi connectivity index (χ0v) is 10.6. The van der Waals surface area contributed by atoms with Crippen LogP contribution >= 0.6 is 11.3 Å². The summed E-state index contributed by atoms with van der Waals surface area (Å²) in [6.07, 6.45) is -0.442. The third-order valence-electron chi connectivity index (χ3n) is 2.70. The number of amides is 1. The minimum absolute atomic E-state index is 0.350. The molecule has 0 aliphatic heterocycles. The van der Waals surface area contributed by atoms with Crippen molar-refractivity contribution in [3.8, 4) is 0 Å². The fourth-order valence-electron chi connectivity index (χ4n) is 1.07. The predicted octanol–water partition coefficient (Wildman–Crippen LogP) is 1.10. The van der Waals surface area contributed by atoms with Crippen LogP contribution in [0, 0.1) is 0 Å². The Hall–Kier alpha value is -0.910. The Balaban J connectivity index is 2.58. The van der Waals surface area contributed by atoms with Gasteiger partial charge < -0.3 is 16.2 Å². The molecule has 16 heavy (non-hydrogen) atoms. The molecule has 1 atom stereocenters. The van der Waals surface area contributed by atoms with E-state index in [-0.39, 0.29) is 5.54 Å². The summed E-state index contributed by atoms with van der Waals surface area (Å²) in [7, 11) is 0. The van der Waals surface area contributed by atoms with Crippen LogP contribution in [0.1, 0.15) is 36.0 Å². The third-order valence-corrected chi connectivity index (χ3v) is 3.64. The van der Waals surface area contributed by atoms with E-state index in [0.717, 1.165) is 4.88 Å². The Morgan fingerprint density at radius 1 is 1.69 bits per heavy atom. The Morgan fingerprint density at radius 3 is 2.75 bits per heavy atom. The summed E-state index contributed by atoms with van der Waals surface area (Å²) >= 11 is 1.49. The molecule has 5 heteroatoms. The first-order valence-electron chi connectivity index (χ1n) is 5.13. The Morgan fingerprint density at radius 2 is 2.31 bits per heavy atom. The van der Waals surface area contributed by atoms with E-state index in [9.17, 15) is 9.90 Å². The van der Waals surface area contributed by atoms with E-state index in [1.54, 1.807) is 18.4 Å². The highest BCUT2D eigenvalue weighted by Crippen LogP contribution is 2.16. The Kier molecular flexibility index (Phi) is 4.07. The number of thiophene rings is 1. The van der Waals surface area contributed by atoms with Gasteiger partial charge in [-0.3, -0.25) is 4.79 Å². The summed E-state index contributed by atoms with van der Waals surface area (Å²) in [5.74, 6) is -0.405. The molecular formula is C11H18N2O2S. The van der Waals surface area contributed by atoms with Gasteiger partial charge in [0.1, 0.15) is 0 Å². The van der Waals surface area contributed by atoms with Gasteiger partial charge in [0, 0.05) is 22.3 Å². The van der Waals surface area contributed by atoms with Gasteiger partial charge in [-0.2, -0.15) is 0 Å². The minimum atomic E-state index is -0.442. The maximum atomic E-state index is 10.9. The van der Waals surface area contributed by atoms with Crippen LogP contribution in [0.4, 0.5) is 0 Å². The highest BCUT2D eigenvalue weighted by molar-refractivity contribution is 7.10. The lowest BCUT2D eigenvalue weighted by Crippen LogP contribution is -2.47. The van der Waals surface area contributed by atoms with Crippen molar-refractivity contribution in [3.63, 3.8) is 0 Å². The van der Waals surface area contributed by atoms with Crippen molar-refractivity contribution in [3.05, 3.63) is 21.9 Å². The summed E-state index contributed by atoms with van der Waals surface area (Å²) < 4.78 is 0. The van der Waals surface area contributed by atoms with Gasteiger partial charge >= 0.3 is 0 Å². The fourth-order valence-corrected chi connectivity index (χ4v) is 1.88. The van der Waals surface area contributed by atoms with Crippen molar-refractivity contribution in [1.29, 1.82) is 0 Å². The van der Waals surface area contributed by atoms with Crippen LogP contribution in [-0.4, -0.2) is 22.7 Å². The van der Waals surface area contributed by atoms with Gasteiger partial charge in [-0.25, -0.2) is 0 Å². The molecule has 1 amide bonds. The largest absolute Gasteiger partial charge is 0.392 e. The average Bonchev–Trinajstić information content (AvgIpc) is 2.63. The molecule has 90 valence electrons. The lowest BCUT2D eigenvalue weighted by atomic mass is 9.99. The van der Waals surface area contributed by atoms with Crippen molar-refractivity contribution >= 4 is 17.2 Å². The molecule has 4 N–H and O–H groups in total. The predicted molar refractivity (Wildman–Crippen MR) is 65.4 cm³/mol. The van der Waals surface area contributed by atoms with Crippen LogP contribution in [0.3, 0.4) is 0 Å². The molecule has 0 saturated carbocycles. The third kappa shape index (κ3) is 3.30. The number of nitrogens with two attached hydrogens (primary N) is 1. The number of hydrogen-bond donors (Lipinski definition) is 3. The molecule has 1 rings (SSSR count). The first-order chi connectivity index (χ1) is 7.33. The van der Waals surface area contributed by atoms with E-state index in [2.05, 4.69) is 5.32 Å². The molecule has 0 aliphatic carbocycles.